The van der Waals surface area contributed by atoms with E-state index >= 15 is 0 Å². The average Bonchev–Trinajstić information content (AvgIpc) is 2.21. The lowest BCUT2D eigenvalue weighted by molar-refractivity contribution is -0.139. The highest BCUT2D eigenvalue weighted by Gasteiger charge is 2.14. The van der Waals surface area contributed by atoms with E-state index in [4.69, 9.17) is 0 Å². The molecule has 0 saturated carbocycles. The van der Waals surface area contributed by atoms with Gasteiger partial charge in [0.05, 0.1) is 13.5 Å². The van der Waals surface area contributed by atoms with Crippen molar-refractivity contribution in [2.24, 2.45) is 0 Å². The first kappa shape index (κ1) is 12.1. The molecule has 0 saturated heterocycles. The first-order valence-corrected chi connectivity index (χ1v) is 5.30. The van der Waals surface area contributed by atoms with Crippen molar-refractivity contribution in [2.45, 2.75) is 11.8 Å². The van der Waals surface area contributed by atoms with Crippen molar-refractivity contribution in [3.63, 3.8) is 0 Å². The number of carbonyl (C=O) groups is 1. The van der Waals surface area contributed by atoms with Gasteiger partial charge in [-0.15, -0.1) is 0 Å². The Hall–Kier alpha value is -0.970. The second-order valence-corrected chi connectivity index (χ2v) is 3.47. The fraction of sp³-hybridized carbons (Fsp3) is 0.300. The van der Waals surface area contributed by atoms with Crippen LogP contribution < -0.4 is 0 Å². The van der Waals surface area contributed by atoms with E-state index in [1.165, 1.54) is 13.2 Å². The van der Waals surface area contributed by atoms with Crippen LogP contribution in [0.2, 0.25) is 0 Å². The van der Waals surface area contributed by atoms with Crippen molar-refractivity contribution in [1.82, 2.24) is 0 Å². The van der Waals surface area contributed by atoms with Crippen LogP contribution in [0.5, 0.6) is 0 Å². The summed E-state index contributed by atoms with van der Waals surface area (Å²) in [6.07, 6.45) is -0.191. The van der Waals surface area contributed by atoms with Gasteiger partial charge in [-0.3, -0.25) is 4.79 Å². The largest absolute Gasteiger partial charge is 0.469 e. The van der Waals surface area contributed by atoms with Crippen LogP contribution >= 0.6 is 15.9 Å². The molecule has 0 N–H and O–H groups in total. The highest BCUT2D eigenvalue weighted by atomic mass is 79.9. The number of methoxy groups -OCH3 is 1. The van der Waals surface area contributed by atoms with E-state index in [0.717, 1.165) is 6.07 Å². The SMILES string of the molecule is COC(=O)Cc1c(F)cc(F)cc1CBr. The van der Waals surface area contributed by atoms with Crippen LogP contribution in [0.4, 0.5) is 8.78 Å². The number of ether oxygens (including phenoxy) is 1. The summed E-state index contributed by atoms with van der Waals surface area (Å²) < 4.78 is 30.6. The highest BCUT2D eigenvalue weighted by Crippen LogP contribution is 2.19. The molecule has 0 spiro atoms. The monoisotopic (exact) mass is 278 g/mol. The first-order valence-electron chi connectivity index (χ1n) is 4.18. The molecule has 0 radical (unpaired) electrons. The Balaban J connectivity index is 3.09. The van der Waals surface area contributed by atoms with Gasteiger partial charge in [-0.05, 0) is 11.6 Å². The van der Waals surface area contributed by atoms with Crippen molar-refractivity contribution in [3.8, 4) is 0 Å². The molecule has 0 aliphatic carbocycles. The predicted octanol–water partition coefficient (Wildman–Crippen LogP) is 2.58. The smallest absolute Gasteiger partial charge is 0.310 e. The van der Waals surface area contributed by atoms with Crippen molar-refractivity contribution >= 4 is 21.9 Å². The zero-order valence-electron chi connectivity index (χ0n) is 8.02. The second kappa shape index (κ2) is 5.21. The quantitative estimate of drug-likeness (QED) is 0.628. The van der Waals surface area contributed by atoms with Gasteiger partial charge in [-0.25, -0.2) is 8.78 Å². The van der Waals surface area contributed by atoms with Crippen LogP contribution in [-0.2, 0) is 21.3 Å². The Labute approximate surface area is 94.4 Å². The van der Waals surface area contributed by atoms with Gasteiger partial charge in [0.25, 0.3) is 0 Å². The molecule has 0 unspecified atom stereocenters. The topological polar surface area (TPSA) is 26.3 Å². The van der Waals surface area contributed by atoms with Gasteiger partial charge in [0.2, 0.25) is 0 Å². The number of benzene rings is 1. The normalized spacial score (nSPS) is 10.1. The minimum atomic E-state index is -0.727. The Morgan fingerprint density at radius 2 is 2.13 bits per heavy atom. The van der Waals surface area contributed by atoms with Gasteiger partial charge < -0.3 is 4.74 Å². The van der Waals surface area contributed by atoms with Crippen molar-refractivity contribution in [2.75, 3.05) is 7.11 Å². The number of rotatable bonds is 3. The lowest BCUT2D eigenvalue weighted by atomic mass is 10.1. The molecular formula is C10H9BrF2O2. The summed E-state index contributed by atoms with van der Waals surface area (Å²) in [4.78, 5) is 11.0. The van der Waals surface area contributed by atoms with E-state index in [1.54, 1.807) is 0 Å². The molecule has 82 valence electrons. The van der Waals surface area contributed by atoms with Crippen LogP contribution in [0.3, 0.4) is 0 Å². The molecule has 2 nitrogen and oxygen atoms in total. The maximum Gasteiger partial charge on any atom is 0.310 e. The fourth-order valence-electron chi connectivity index (χ4n) is 1.19. The van der Waals surface area contributed by atoms with Gasteiger partial charge >= 0.3 is 5.97 Å². The molecule has 1 aromatic carbocycles. The zero-order valence-corrected chi connectivity index (χ0v) is 9.61. The molecule has 15 heavy (non-hydrogen) atoms. The summed E-state index contributed by atoms with van der Waals surface area (Å²) in [5.41, 5.74) is 0.582. The van der Waals surface area contributed by atoms with E-state index in [9.17, 15) is 13.6 Å². The number of esters is 1. The number of halogens is 3. The molecule has 0 heterocycles. The van der Waals surface area contributed by atoms with Gasteiger partial charge in [0.1, 0.15) is 11.6 Å². The molecule has 0 aliphatic rings. The van der Waals surface area contributed by atoms with E-state index in [0.29, 0.717) is 5.56 Å². The van der Waals surface area contributed by atoms with Crippen molar-refractivity contribution in [3.05, 3.63) is 34.9 Å². The molecule has 1 rings (SSSR count). The molecule has 0 aliphatic heterocycles. The molecule has 5 heteroatoms. The molecule has 0 atom stereocenters. The summed E-state index contributed by atoms with van der Waals surface area (Å²) in [5.74, 6) is -1.94. The number of hydrogen-bond donors (Lipinski definition) is 0. The standard InChI is InChI=1S/C10H9BrF2O2/c1-15-10(14)4-8-6(5-11)2-7(12)3-9(8)13/h2-3H,4-5H2,1H3. The summed E-state index contributed by atoms with van der Waals surface area (Å²) >= 11 is 3.10. The number of alkyl halides is 1. The van der Waals surface area contributed by atoms with E-state index in [-0.39, 0.29) is 17.3 Å². The summed E-state index contributed by atoms with van der Waals surface area (Å²) in [7, 11) is 1.22. The minimum absolute atomic E-state index is 0.167. The van der Waals surface area contributed by atoms with Crippen molar-refractivity contribution in [1.29, 1.82) is 0 Å². The summed E-state index contributed by atoms with van der Waals surface area (Å²) in [6.45, 7) is 0. The summed E-state index contributed by atoms with van der Waals surface area (Å²) in [5, 5.41) is 0.286. The van der Waals surface area contributed by atoms with Crippen molar-refractivity contribution < 1.29 is 18.3 Å². The third-order valence-electron chi connectivity index (χ3n) is 1.95. The van der Waals surface area contributed by atoms with Gasteiger partial charge in [-0.2, -0.15) is 0 Å². The molecule has 0 bridgehead atoms. The Morgan fingerprint density at radius 1 is 1.47 bits per heavy atom. The predicted molar refractivity (Wildman–Crippen MR) is 54.7 cm³/mol. The number of carbonyl (C=O) groups excluding carboxylic acids is 1. The lowest BCUT2D eigenvalue weighted by Gasteiger charge is -2.07. The molecular weight excluding hydrogens is 270 g/mol. The second-order valence-electron chi connectivity index (χ2n) is 2.91. The van der Waals surface area contributed by atoms with Gasteiger partial charge in [0.15, 0.2) is 0 Å². The lowest BCUT2D eigenvalue weighted by Crippen LogP contribution is -2.09. The van der Waals surface area contributed by atoms with Crippen LogP contribution in [0.1, 0.15) is 11.1 Å². The molecule has 0 aromatic heterocycles. The fourth-order valence-corrected chi connectivity index (χ4v) is 1.69. The van der Waals surface area contributed by atoms with Gasteiger partial charge in [0, 0.05) is 17.0 Å². The number of hydrogen-bond acceptors (Lipinski definition) is 2. The third kappa shape index (κ3) is 2.99. The maximum atomic E-state index is 13.3. The van der Waals surface area contributed by atoms with Crippen LogP contribution in [0, 0.1) is 11.6 Å². The van der Waals surface area contributed by atoms with Crippen LogP contribution in [0.15, 0.2) is 12.1 Å². The third-order valence-corrected chi connectivity index (χ3v) is 2.55. The summed E-state index contributed by atoms with van der Waals surface area (Å²) in [6, 6.07) is 1.94. The first-order chi connectivity index (χ1) is 7.08. The Kier molecular flexibility index (Phi) is 4.20. The van der Waals surface area contributed by atoms with E-state index in [2.05, 4.69) is 20.7 Å². The minimum Gasteiger partial charge on any atom is -0.469 e. The maximum absolute atomic E-state index is 13.3. The Morgan fingerprint density at radius 3 is 2.67 bits per heavy atom. The van der Waals surface area contributed by atoms with Crippen LogP contribution in [0.25, 0.3) is 0 Å². The zero-order chi connectivity index (χ0) is 11.4. The van der Waals surface area contributed by atoms with E-state index in [1.807, 2.05) is 0 Å². The Bertz CT molecular complexity index is 380. The average molecular weight is 279 g/mol. The van der Waals surface area contributed by atoms with E-state index < -0.39 is 17.6 Å². The molecule has 0 amide bonds. The highest BCUT2D eigenvalue weighted by molar-refractivity contribution is 9.08. The van der Waals surface area contributed by atoms with Gasteiger partial charge in [-0.1, -0.05) is 15.9 Å². The molecule has 1 aromatic rings. The molecule has 0 fully saturated rings. The van der Waals surface area contributed by atoms with Crippen LogP contribution in [-0.4, -0.2) is 13.1 Å².